The molecule has 1 nitrogen and oxygen atoms in total. The molecule has 0 saturated heterocycles. The van der Waals surface area contributed by atoms with E-state index < -0.39 is 0 Å². The summed E-state index contributed by atoms with van der Waals surface area (Å²) >= 11 is 0. The van der Waals surface area contributed by atoms with Crippen LogP contribution in [0.25, 0.3) is 0 Å². The van der Waals surface area contributed by atoms with Gasteiger partial charge in [-0.25, -0.2) is 0 Å². The third-order valence-corrected chi connectivity index (χ3v) is 2.77. The normalized spacial score (nSPS) is 11.7. The summed E-state index contributed by atoms with van der Waals surface area (Å²) in [6.07, 6.45) is 2.45. The third kappa shape index (κ3) is 4.48. The second kappa shape index (κ2) is 5.32. The van der Waals surface area contributed by atoms with Gasteiger partial charge in [-0.2, -0.15) is 0 Å². The fourth-order valence-electron chi connectivity index (χ4n) is 1.76. The van der Waals surface area contributed by atoms with E-state index >= 15 is 0 Å². The Balaban J connectivity index is 2.46. The molecular weight excluding hydrogens is 182 g/mol. The van der Waals surface area contributed by atoms with Crippen molar-refractivity contribution in [1.29, 1.82) is 0 Å². The smallest absolute Gasteiger partial charge is 0.0210 e. The zero-order valence-corrected chi connectivity index (χ0v) is 10.4. The highest BCUT2D eigenvalue weighted by molar-refractivity contribution is 5.21. The predicted molar refractivity (Wildman–Crippen MR) is 67.0 cm³/mol. The molecule has 1 aromatic rings. The lowest BCUT2D eigenvalue weighted by molar-refractivity contribution is 0.357. The summed E-state index contributed by atoms with van der Waals surface area (Å²) in [4.78, 5) is 0. The van der Waals surface area contributed by atoms with Gasteiger partial charge in [0.05, 0.1) is 0 Å². The number of rotatable bonds is 5. The average Bonchev–Trinajstić information content (AvgIpc) is 2.17. The van der Waals surface area contributed by atoms with Crippen LogP contribution in [0.1, 0.15) is 44.7 Å². The standard InChI is InChI=1S/C14H23N/c1-5-10-14(3,4)15-11-13-8-6-12(2)7-9-13/h6-9,15H,5,10-11H2,1-4H3. The summed E-state index contributed by atoms with van der Waals surface area (Å²) in [6.45, 7) is 9.86. The molecule has 0 radical (unpaired) electrons. The quantitative estimate of drug-likeness (QED) is 0.773. The SMILES string of the molecule is CCCC(C)(C)NCc1ccc(C)cc1. The molecule has 0 aliphatic heterocycles. The van der Waals surface area contributed by atoms with Crippen molar-refractivity contribution in [2.75, 3.05) is 0 Å². The summed E-state index contributed by atoms with van der Waals surface area (Å²) in [7, 11) is 0. The van der Waals surface area contributed by atoms with E-state index in [0.717, 1.165) is 6.54 Å². The molecule has 0 unspecified atom stereocenters. The fourth-order valence-corrected chi connectivity index (χ4v) is 1.76. The maximum atomic E-state index is 3.60. The molecule has 15 heavy (non-hydrogen) atoms. The number of hydrogen-bond donors (Lipinski definition) is 1. The van der Waals surface area contributed by atoms with Crippen molar-refractivity contribution in [2.24, 2.45) is 0 Å². The molecule has 0 atom stereocenters. The van der Waals surface area contributed by atoms with E-state index in [9.17, 15) is 0 Å². The first-order valence-corrected chi connectivity index (χ1v) is 5.84. The Morgan fingerprint density at radius 1 is 1.13 bits per heavy atom. The lowest BCUT2D eigenvalue weighted by Crippen LogP contribution is -2.38. The van der Waals surface area contributed by atoms with E-state index in [-0.39, 0.29) is 5.54 Å². The zero-order chi connectivity index (χ0) is 11.3. The number of hydrogen-bond acceptors (Lipinski definition) is 1. The highest BCUT2D eigenvalue weighted by Crippen LogP contribution is 2.12. The summed E-state index contributed by atoms with van der Waals surface area (Å²) in [5.74, 6) is 0. The lowest BCUT2D eigenvalue weighted by Gasteiger charge is -2.26. The Morgan fingerprint density at radius 2 is 1.73 bits per heavy atom. The third-order valence-electron chi connectivity index (χ3n) is 2.77. The Bertz CT molecular complexity index is 285. The van der Waals surface area contributed by atoms with E-state index in [0.29, 0.717) is 0 Å². The molecule has 1 heteroatoms. The minimum atomic E-state index is 0.250. The number of aryl methyl sites for hydroxylation is 1. The van der Waals surface area contributed by atoms with Crippen LogP contribution in [0.5, 0.6) is 0 Å². The molecule has 0 aromatic heterocycles. The molecular formula is C14H23N. The Labute approximate surface area is 93.9 Å². The molecule has 84 valence electrons. The maximum absolute atomic E-state index is 3.60. The molecule has 0 fully saturated rings. The van der Waals surface area contributed by atoms with Crippen LogP contribution in [0.2, 0.25) is 0 Å². The number of benzene rings is 1. The Hall–Kier alpha value is -0.820. The van der Waals surface area contributed by atoms with Gasteiger partial charge in [-0.3, -0.25) is 0 Å². The van der Waals surface area contributed by atoms with Crippen LogP contribution < -0.4 is 5.32 Å². The molecule has 1 rings (SSSR count). The largest absolute Gasteiger partial charge is 0.308 e. The lowest BCUT2D eigenvalue weighted by atomic mass is 9.98. The van der Waals surface area contributed by atoms with Crippen LogP contribution in [-0.2, 0) is 6.54 Å². The van der Waals surface area contributed by atoms with Crippen molar-refractivity contribution in [2.45, 2.75) is 52.6 Å². The van der Waals surface area contributed by atoms with Crippen molar-refractivity contribution in [1.82, 2.24) is 5.32 Å². The first-order valence-electron chi connectivity index (χ1n) is 5.84. The second-order valence-corrected chi connectivity index (χ2v) is 4.97. The molecule has 0 aliphatic rings. The molecule has 0 saturated carbocycles. The Morgan fingerprint density at radius 3 is 2.27 bits per heavy atom. The van der Waals surface area contributed by atoms with Crippen molar-refractivity contribution < 1.29 is 0 Å². The highest BCUT2D eigenvalue weighted by Gasteiger charge is 2.14. The molecule has 1 N–H and O–H groups in total. The average molecular weight is 205 g/mol. The highest BCUT2D eigenvalue weighted by atomic mass is 14.9. The van der Waals surface area contributed by atoms with Gasteiger partial charge in [-0.1, -0.05) is 43.2 Å². The Kier molecular flexibility index (Phi) is 4.34. The summed E-state index contributed by atoms with van der Waals surface area (Å²) < 4.78 is 0. The fraction of sp³-hybridized carbons (Fsp3) is 0.571. The van der Waals surface area contributed by atoms with E-state index in [2.05, 4.69) is 57.3 Å². The van der Waals surface area contributed by atoms with Crippen molar-refractivity contribution in [3.63, 3.8) is 0 Å². The van der Waals surface area contributed by atoms with Crippen molar-refractivity contribution in [3.8, 4) is 0 Å². The van der Waals surface area contributed by atoms with Gasteiger partial charge in [-0.15, -0.1) is 0 Å². The van der Waals surface area contributed by atoms with E-state index in [1.807, 2.05) is 0 Å². The van der Waals surface area contributed by atoms with Crippen LogP contribution in [0.15, 0.2) is 24.3 Å². The molecule has 0 amide bonds. The first-order chi connectivity index (χ1) is 7.03. The van der Waals surface area contributed by atoms with E-state index in [1.165, 1.54) is 24.0 Å². The van der Waals surface area contributed by atoms with Gasteiger partial charge in [0.2, 0.25) is 0 Å². The van der Waals surface area contributed by atoms with Crippen LogP contribution in [0.4, 0.5) is 0 Å². The van der Waals surface area contributed by atoms with Crippen molar-refractivity contribution >= 4 is 0 Å². The summed E-state index contributed by atoms with van der Waals surface area (Å²) in [6, 6.07) is 8.74. The summed E-state index contributed by atoms with van der Waals surface area (Å²) in [5.41, 5.74) is 2.94. The van der Waals surface area contributed by atoms with Gasteiger partial charge in [-0.05, 0) is 32.8 Å². The minimum absolute atomic E-state index is 0.250. The molecule has 0 aliphatic carbocycles. The second-order valence-electron chi connectivity index (χ2n) is 4.97. The van der Waals surface area contributed by atoms with Gasteiger partial charge in [0, 0.05) is 12.1 Å². The molecule has 1 aromatic carbocycles. The van der Waals surface area contributed by atoms with Gasteiger partial charge in [0.1, 0.15) is 0 Å². The maximum Gasteiger partial charge on any atom is 0.0210 e. The van der Waals surface area contributed by atoms with Crippen molar-refractivity contribution in [3.05, 3.63) is 35.4 Å². The zero-order valence-electron chi connectivity index (χ0n) is 10.4. The van der Waals surface area contributed by atoms with E-state index in [4.69, 9.17) is 0 Å². The molecule has 0 heterocycles. The van der Waals surface area contributed by atoms with Crippen LogP contribution in [-0.4, -0.2) is 5.54 Å². The van der Waals surface area contributed by atoms with Crippen LogP contribution in [0.3, 0.4) is 0 Å². The van der Waals surface area contributed by atoms with Gasteiger partial charge < -0.3 is 5.32 Å². The molecule has 0 spiro atoms. The minimum Gasteiger partial charge on any atom is -0.308 e. The number of nitrogens with one attached hydrogen (secondary N) is 1. The van der Waals surface area contributed by atoms with Crippen LogP contribution in [0, 0.1) is 6.92 Å². The molecule has 0 bridgehead atoms. The van der Waals surface area contributed by atoms with E-state index in [1.54, 1.807) is 0 Å². The monoisotopic (exact) mass is 205 g/mol. The predicted octanol–water partition coefficient (Wildman–Crippen LogP) is 3.66. The summed E-state index contributed by atoms with van der Waals surface area (Å²) in [5, 5.41) is 3.60. The first kappa shape index (κ1) is 12.3. The van der Waals surface area contributed by atoms with Crippen LogP contribution >= 0.6 is 0 Å². The topological polar surface area (TPSA) is 12.0 Å². The van der Waals surface area contributed by atoms with Gasteiger partial charge in [0.15, 0.2) is 0 Å². The van der Waals surface area contributed by atoms with Gasteiger partial charge >= 0.3 is 0 Å². The van der Waals surface area contributed by atoms with Gasteiger partial charge in [0.25, 0.3) is 0 Å².